The van der Waals surface area contributed by atoms with Crippen molar-refractivity contribution in [3.63, 3.8) is 0 Å². The summed E-state index contributed by atoms with van der Waals surface area (Å²) in [4.78, 5) is 17.1. The van der Waals surface area contributed by atoms with E-state index in [1.807, 2.05) is 0 Å². The maximum Gasteiger partial charge on any atom is 0.252 e. The number of nitrogens with zero attached hydrogens (tertiary/aromatic N) is 1. The Kier molecular flexibility index (Phi) is 6.74. The molecule has 2 aromatic rings. The molecule has 0 bridgehead atoms. The molecule has 0 unspecified atom stereocenters. The minimum Gasteiger partial charge on any atom is -0.492 e. The molecule has 1 aromatic carbocycles. The summed E-state index contributed by atoms with van der Waals surface area (Å²) in [6.07, 6.45) is 7.04. The summed E-state index contributed by atoms with van der Waals surface area (Å²) < 4.78 is 0. The lowest BCUT2D eigenvalue weighted by Crippen LogP contribution is -2.25. The second-order valence-corrected chi connectivity index (χ2v) is 8.13. The Morgan fingerprint density at radius 1 is 1.27 bits per heavy atom. The molecular formula is C19H24ClN3O2S. The molecule has 0 atom stereocenters. The Hall–Kier alpha value is -1.79. The predicted octanol–water partition coefficient (Wildman–Crippen LogP) is 4.47. The Morgan fingerprint density at radius 3 is 2.81 bits per heavy atom. The summed E-state index contributed by atoms with van der Waals surface area (Å²) in [6.45, 7) is 1.33. The predicted molar refractivity (Wildman–Crippen MR) is 106 cm³/mol. The van der Waals surface area contributed by atoms with E-state index in [-0.39, 0.29) is 11.8 Å². The third-order valence-corrected chi connectivity index (χ3v) is 6.09. The number of benzene rings is 1. The van der Waals surface area contributed by atoms with Gasteiger partial charge in [-0.25, -0.2) is 0 Å². The van der Waals surface area contributed by atoms with Crippen LogP contribution in [0.15, 0.2) is 24.3 Å². The number of hydrogen-bond donors (Lipinski definition) is 3. The van der Waals surface area contributed by atoms with Gasteiger partial charge in [0.2, 0.25) is 5.88 Å². The van der Waals surface area contributed by atoms with Crippen LogP contribution in [0.5, 0.6) is 5.88 Å². The van der Waals surface area contributed by atoms with Crippen LogP contribution in [-0.4, -0.2) is 29.1 Å². The van der Waals surface area contributed by atoms with Gasteiger partial charge in [-0.2, -0.15) is 4.98 Å². The molecule has 1 saturated carbocycles. The van der Waals surface area contributed by atoms with Crippen LogP contribution in [0.3, 0.4) is 0 Å². The maximum absolute atomic E-state index is 12.1. The zero-order chi connectivity index (χ0) is 18.4. The highest BCUT2D eigenvalue weighted by Gasteiger charge is 2.16. The molecule has 0 aliphatic heterocycles. The lowest BCUT2D eigenvalue weighted by molar-refractivity contribution is 0.0954. The summed E-state index contributed by atoms with van der Waals surface area (Å²) in [6, 6.07) is 6.95. The summed E-state index contributed by atoms with van der Waals surface area (Å²) in [7, 11) is 0. The van der Waals surface area contributed by atoms with E-state index < -0.39 is 0 Å². The zero-order valence-electron chi connectivity index (χ0n) is 14.6. The van der Waals surface area contributed by atoms with Crippen LogP contribution in [0.2, 0.25) is 5.02 Å². The van der Waals surface area contributed by atoms with Crippen molar-refractivity contribution in [2.24, 2.45) is 5.92 Å². The Balaban J connectivity index is 1.47. The molecule has 3 N–H and O–H groups in total. The van der Waals surface area contributed by atoms with Crippen molar-refractivity contribution in [1.29, 1.82) is 0 Å². The van der Waals surface area contributed by atoms with Gasteiger partial charge in [-0.05, 0) is 30.9 Å². The summed E-state index contributed by atoms with van der Waals surface area (Å²) in [5.41, 5.74) is 0.456. The molecule has 26 heavy (non-hydrogen) atoms. The van der Waals surface area contributed by atoms with Gasteiger partial charge in [-0.15, -0.1) is 0 Å². The topological polar surface area (TPSA) is 74.2 Å². The normalized spacial score (nSPS) is 15.0. The highest BCUT2D eigenvalue weighted by Crippen LogP contribution is 2.30. The molecule has 1 aliphatic rings. The number of hydrogen-bond acceptors (Lipinski definition) is 5. The third kappa shape index (κ3) is 5.11. The van der Waals surface area contributed by atoms with Crippen molar-refractivity contribution in [3.05, 3.63) is 39.7 Å². The number of carbonyl (C=O) groups excluding carboxylic acids is 1. The van der Waals surface area contributed by atoms with Crippen LogP contribution in [0, 0.1) is 5.92 Å². The number of nitrogens with one attached hydrogen (secondary N) is 2. The fourth-order valence-electron chi connectivity index (χ4n) is 3.24. The molecule has 1 amide bonds. The molecule has 3 rings (SSSR count). The fraction of sp³-hybridized carbons (Fsp3) is 0.474. The Morgan fingerprint density at radius 2 is 2.04 bits per heavy atom. The zero-order valence-corrected chi connectivity index (χ0v) is 16.2. The fourth-order valence-corrected chi connectivity index (χ4v) is 4.32. The van der Waals surface area contributed by atoms with E-state index in [9.17, 15) is 9.90 Å². The van der Waals surface area contributed by atoms with E-state index in [4.69, 9.17) is 11.6 Å². The average molecular weight is 394 g/mol. The van der Waals surface area contributed by atoms with Gasteiger partial charge >= 0.3 is 0 Å². The smallest absolute Gasteiger partial charge is 0.252 e. The van der Waals surface area contributed by atoms with Crippen LogP contribution < -0.4 is 10.6 Å². The van der Waals surface area contributed by atoms with E-state index >= 15 is 0 Å². The molecular weight excluding hydrogens is 370 g/mol. The summed E-state index contributed by atoms with van der Waals surface area (Å²) in [5, 5.41) is 17.4. The molecule has 1 fully saturated rings. The molecule has 1 heterocycles. The first-order valence-corrected chi connectivity index (χ1v) is 10.3. The van der Waals surface area contributed by atoms with E-state index in [0.29, 0.717) is 29.5 Å². The number of aromatic nitrogens is 1. The van der Waals surface area contributed by atoms with E-state index in [1.165, 1.54) is 43.4 Å². The highest BCUT2D eigenvalue weighted by molar-refractivity contribution is 7.15. The Labute approximate surface area is 162 Å². The van der Waals surface area contributed by atoms with Gasteiger partial charge in [0.05, 0.1) is 15.5 Å². The van der Waals surface area contributed by atoms with Gasteiger partial charge in [0.15, 0.2) is 5.13 Å². The first-order valence-electron chi connectivity index (χ1n) is 9.08. The van der Waals surface area contributed by atoms with Crippen molar-refractivity contribution < 1.29 is 9.90 Å². The standard InChI is InChI=1S/C19H24ClN3O2S/c20-15-9-5-4-8-14(15)17(24)21-11-10-16-18(25)23-19(26-16)22-12-13-6-2-1-3-7-13/h4-5,8-9,13,25H,1-3,6-7,10-12H2,(H,21,24)(H,22,23). The van der Waals surface area contributed by atoms with Crippen molar-refractivity contribution in [3.8, 4) is 5.88 Å². The summed E-state index contributed by atoms with van der Waals surface area (Å²) >= 11 is 7.47. The highest BCUT2D eigenvalue weighted by atomic mass is 35.5. The van der Waals surface area contributed by atoms with Gasteiger partial charge < -0.3 is 15.7 Å². The van der Waals surface area contributed by atoms with E-state index in [0.717, 1.165) is 16.6 Å². The first-order chi connectivity index (χ1) is 12.6. The van der Waals surface area contributed by atoms with Crippen LogP contribution in [0.25, 0.3) is 0 Å². The van der Waals surface area contributed by atoms with Crippen LogP contribution in [0.4, 0.5) is 5.13 Å². The van der Waals surface area contributed by atoms with Gasteiger partial charge in [0, 0.05) is 19.5 Å². The molecule has 5 nitrogen and oxygen atoms in total. The first kappa shape index (κ1) is 19.0. The van der Waals surface area contributed by atoms with Crippen molar-refractivity contribution in [1.82, 2.24) is 10.3 Å². The minimum atomic E-state index is -0.213. The number of anilines is 1. The monoisotopic (exact) mass is 393 g/mol. The number of rotatable bonds is 7. The van der Waals surface area contributed by atoms with Gasteiger partial charge in [-0.3, -0.25) is 4.79 Å². The van der Waals surface area contributed by atoms with Gasteiger partial charge in [0.25, 0.3) is 5.91 Å². The number of amides is 1. The largest absolute Gasteiger partial charge is 0.492 e. The SMILES string of the molecule is O=C(NCCc1sc(NCC2CCCCC2)nc1O)c1ccccc1Cl. The molecule has 1 aliphatic carbocycles. The molecule has 0 radical (unpaired) electrons. The second kappa shape index (κ2) is 9.24. The number of aromatic hydroxyl groups is 1. The van der Waals surface area contributed by atoms with Gasteiger partial charge in [-0.1, -0.05) is 54.3 Å². The van der Waals surface area contributed by atoms with Crippen LogP contribution in [0.1, 0.15) is 47.3 Å². The van der Waals surface area contributed by atoms with Crippen molar-refractivity contribution >= 4 is 34.0 Å². The second-order valence-electron chi connectivity index (χ2n) is 6.64. The summed E-state index contributed by atoms with van der Waals surface area (Å²) in [5.74, 6) is 0.538. The quantitative estimate of drug-likeness (QED) is 0.648. The third-order valence-electron chi connectivity index (χ3n) is 4.70. The maximum atomic E-state index is 12.1. The van der Waals surface area contributed by atoms with Crippen molar-refractivity contribution in [2.75, 3.05) is 18.4 Å². The van der Waals surface area contributed by atoms with E-state index in [2.05, 4.69) is 15.6 Å². The van der Waals surface area contributed by atoms with Gasteiger partial charge in [0.1, 0.15) is 0 Å². The molecule has 1 aromatic heterocycles. The number of halogens is 1. The van der Waals surface area contributed by atoms with Crippen LogP contribution >= 0.6 is 22.9 Å². The number of thiazole rings is 1. The lowest BCUT2D eigenvalue weighted by atomic mass is 9.89. The Bertz CT molecular complexity index is 744. The molecule has 0 spiro atoms. The molecule has 0 saturated heterocycles. The van der Waals surface area contributed by atoms with Crippen LogP contribution in [-0.2, 0) is 6.42 Å². The van der Waals surface area contributed by atoms with Crippen molar-refractivity contribution in [2.45, 2.75) is 38.5 Å². The number of carbonyl (C=O) groups is 1. The molecule has 7 heteroatoms. The lowest BCUT2D eigenvalue weighted by Gasteiger charge is -2.21. The average Bonchev–Trinajstić information content (AvgIpc) is 3.01. The minimum absolute atomic E-state index is 0.0492. The molecule has 140 valence electrons. The van der Waals surface area contributed by atoms with E-state index in [1.54, 1.807) is 24.3 Å².